The molecule has 2 amide bonds. The number of carbonyl (C=O) groups excluding carboxylic acids is 1. The first kappa shape index (κ1) is 19.0. The first-order valence-electron chi connectivity index (χ1n) is 8.19. The highest BCUT2D eigenvalue weighted by Gasteiger charge is 2.11. The third-order valence-corrected chi connectivity index (χ3v) is 3.36. The SMILES string of the molecule is CCOCCOCc1cccc(NC(=O)NCC(O)c2ccco2)c1. The van der Waals surface area contributed by atoms with E-state index in [1.165, 1.54) is 6.26 Å². The van der Waals surface area contributed by atoms with Gasteiger partial charge in [0.2, 0.25) is 0 Å². The van der Waals surface area contributed by atoms with Crippen molar-refractivity contribution in [1.29, 1.82) is 0 Å². The van der Waals surface area contributed by atoms with Gasteiger partial charge in [0.25, 0.3) is 0 Å². The summed E-state index contributed by atoms with van der Waals surface area (Å²) in [4.78, 5) is 11.9. The largest absolute Gasteiger partial charge is 0.467 e. The summed E-state index contributed by atoms with van der Waals surface area (Å²) >= 11 is 0. The number of aliphatic hydroxyl groups excluding tert-OH is 1. The number of carbonyl (C=O) groups is 1. The lowest BCUT2D eigenvalue weighted by atomic mass is 10.2. The number of benzene rings is 1. The first-order chi connectivity index (χ1) is 12.2. The molecule has 0 radical (unpaired) electrons. The molecule has 0 bridgehead atoms. The molecule has 3 N–H and O–H groups in total. The van der Waals surface area contributed by atoms with Gasteiger partial charge in [0.1, 0.15) is 11.9 Å². The van der Waals surface area contributed by atoms with Crippen LogP contribution in [0.15, 0.2) is 47.1 Å². The van der Waals surface area contributed by atoms with Crippen LogP contribution in [0.2, 0.25) is 0 Å². The van der Waals surface area contributed by atoms with Crippen LogP contribution in [-0.2, 0) is 16.1 Å². The summed E-state index contributed by atoms with van der Waals surface area (Å²) in [7, 11) is 0. The lowest BCUT2D eigenvalue weighted by Gasteiger charge is -2.11. The molecule has 2 aromatic rings. The maximum atomic E-state index is 11.9. The van der Waals surface area contributed by atoms with E-state index in [0.717, 1.165) is 5.56 Å². The second-order valence-corrected chi connectivity index (χ2v) is 5.32. The van der Waals surface area contributed by atoms with Crippen LogP contribution in [0.1, 0.15) is 24.4 Å². The van der Waals surface area contributed by atoms with E-state index < -0.39 is 12.1 Å². The molecule has 0 aliphatic rings. The van der Waals surface area contributed by atoms with Crippen LogP contribution in [0.3, 0.4) is 0 Å². The van der Waals surface area contributed by atoms with Crippen molar-refractivity contribution in [3.05, 3.63) is 54.0 Å². The Kier molecular flexibility index (Phi) is 7.97. The molecule has 1 heterocycles. The number of amides is 2. The van der Waals surface area contributed by atoms with Crippen LogP contribution in [0.4, 0.5) is 10.5 Å². The van der Waals surface area contributed by atoms with Crippen LogP contribution in [0.25, 0.3) is 0 Å². The topological polar surface area (TPSA) is 93.0 Å². The lowest BCUT2D eigenvalue weighted by molar-refractivity contribution is 0.0453. The van der Waals surface area contributed by atoms with Crippen molar-refractivity contribution in [2.24, 2.45) is 0 Å². The number of furan rings is 1. The normalized spacial score (nSPS) is 11.9. The number of hydrogen-bond donors (Lipinski definition) is 3. The summed E-state index contributed by atoms with van der Waals surface area (Å²) in [6, 6.07) is 10.3. The van der Waals surface area contributed by atoms with E-state index in [-0.39, 0.29) is 6.54 Å². The Hall–Kier alpha value is -2.35. The van der Waals surface area contributed by atoms with Gasteiger partial charge in [-0.1, -0.05) is 12.1 Å². The van der Waals surface area contributed by atoms with Gasteiger partial charge in [-0.2, -0.15) is 0 Å². The molecular formula is C18H24N2O5. The zero-order chi connectivity index (χ0) is 17.9. The molecule has 0 fully saturated rings. The van der Waals surface area contributed by atoms with Crippen molar-refractivity contribution in [1.82, 2.24) is 5.32 Å². The standard InChI is InChI=1S/C18H24N2O5/c1-2-23-9-10-24-13-14-5-3-6-15(11-14)20-18(22)19-12-16(21)17-7-4-8-25-17/h3-8,11,16,21H,2,9-10,12-13H2,1H3,(H2,19,20,22). The van der Waals surface area contributed by atoms with E-state index in [1.54, 1.807) is 18.2 Å². The number of urea groups is 1. The van der Waals surface area contributed by atoms with Crippen molar-refractivity contribution in [2.75, 3.05) is 31.7 Å². The zero-order valence-electron chi connectivity index (χ0n) is 14.2. The lowest BCUT2D eigenvalue weighted by Crippen LogP contribution is -2.32. The molecule has 2 rings (SSSR count). The number of anilines is 1. The Morgan fingerprint density at radius 1 is 1.24 bits per heavy atom. The molecule has 1 unspecified atom stereocenters. The quantitative estimate of drug-likeness (QED) is 0.574. The number of aliphatic hydroxyl groups is 1. The van der Waals surface area contributed by atoms with Crippen molar-refractivity contribution in [3.63, 3.8) is 0 Å². The Morgan fingerprint density at radius 3 is 2.84 bits per heavy atom. The number of hydrogen-bond acceptors (Lipinski definition) is 5. The molecule has 136 valence electrons. The predicted molar refractivity (Wildman–Crippen MR) is 93.3 cm³/mol. The highest BCUT2D eigenvalue weighted by Crippen LogP contribution is 2.13. The minimum absolute atomic E-state index is 0.0551. The predicted octanol–water partition coefficient (Wildman–Crippen LogP) is 2.69. The zero-order valence-corrected chi connectivity index (χ0v) is 14.2. The third-order valence-electron chi connectivity index (χ3n) is 3.36. The molecule has 1 aromatic carbocycles. The third kappa shape index (κ3) is 6.96. The van der Waals surface area contributed by atoms with Crippen molar-refractivity contribution in [3.8, 4) is 0 Å². The highest BCUT2D eigenvalue weighted by molar-refractivity contribution is 5.89. The molecule has 1 aromatic heterocycles. The average Bonchev–Trinajstić information content (AvgIpc) is 3.14. The van der Waals surface area contributed by atoms with Crippen LogP contribution < -0.4 is 10.6 Å². The fourth-order valence-corrected chi connectivity index (χ4v) is 2.14. The molecule has 0 saturated carbocycles. The summed E-state index contributed by atoms with van der Waals surface area (Å²) in [5, 5.41) is 15.2. The van der Waals surface area contributed by atoms with Gasteiger partial charge >= 0.3 is 6.03 Å². The van der Waals surface area contributed by atoms with E-state index >= 15 is 0 Å². The van der Waals surface area contributed by atoms with Gasteiger partial charge in [-0.05, 0) is 36.8 Å². The van der Waals surface area contributed by atoms with Crippen molar-refractivity contribution >= 4 is 11.7 Å². The summed E-state index contributed by atoms with van der Waals surface area (Å²) in [5.41, 5.74) is 1.60. The minimum Gasteiger partial charge on any atom is -0.467 e. The monoisotopic (exact) mass is 348 g/mol. The second-order valence-electron chi connectivity index (χ2n) is 5.32. The Bertz CT molecular complexity index is 630. The van der Waals surface area contributed by atoms with E-state index in [0.29, 0.717) is 37.9 Å². The van der Waals surface area contributed by atoms with E-state index in [2.05, 4.69) is 10.6 Å². The number of rotatable bonds is 10. The van der Waals surface area contributed by atoms with Gasteiger partial charge in [-0.25, -0.2) is 4.79 Å². The van der Waals surface area contributed by atoms with Gasteiger partial charge in [0, 0.05) is 12.3 Å². The Labute approximate surface area is 146 Å². The van der Waals surface area contributed by atoms with Crippen LogP contribution in [0.5, 0.6) is 0 Å². The summed E-state index contributed by atoms with van der Waals surface area (Å²) in [6.07, 6.45) is 0.589. The van der Waals surface area contributed by atoms with Gasteiger partial charge in [-0.15, -0.1) is 0 Å². The van der Waals surface area contributed by atoms with Crippen molar-refractivity contribution in [2.45, 2.75) is 19.6 Å². The summed E-state index contributed by atoms with van der Waals surface area (Å²) in [6.45, 7) is 4.20. The smallest absolute Gasteiger partial charge is 0.319 e. The maximum absolute atomic E-state index is 11.9. The second kappa shape index (κ2) is 10.5. The Morgan fingerprint density at radius 2 is 2.08 bits per heavy atom. The summed E-state index contributed by atoms with van der Waals surface area (Å²) < 4.78 is 15.8. The molecule has 0 saturated heterocycles. The van der Waals surface area contributed by atoms with Crippen LogP contribution in [0, 0.1) is 0 Å². The van der Waals surface area contributed by atoms with Gasteiger partial charge < -0.3 is 29.6 Å². The molecule has 7 nitrogen and oxygen atoms in total. The highest BCUT2D eigenvalue weighted by atomic mass is 16.5. The number of nitrogens with one attached hydrogen (secondary N) is 2. The fraction of sp³-hybridized carbons (Fsp3) is 0.389. The summed E-state index contributed by atoms with van der Waals surface area (Å²) in [5.74, 6) is 0.409. The number of ether oxygens (including phenoxy) is 2. The van der Waals surface area contributed by atoms with Crippen molar-refractivity contribution < 1.29 is 23.8 Å². The van der Waals surface area contributed by atoms with Gasteiger partial charge in [0.05, 0.1) is 32.6 Å². The van der Waals surface area contributed by atoms with Crippen LogP contribution >= 0.6 is 0 Å². The first-order valence-corrected chi connectivity index (χ1v) is 8.19. The van der Waals surface area contributed by atoms with E-state index in [4.69, 9.17) is 13.9 Å². The van der Waals surface area contributed by atoms with Crippen LogP contribution in [-0.4, -0.2) is 37.5 Å². The molecule has 1 atom stereocenters. The molecular weight excluding hydrogens is 324 g/mol. The van der Waals surface area contributed by atoms with E-state index in [9.17, 15) is 9.90 Å². The Balaban J connectivity index is 1.73. The molecule has 0 spiro atoms. The van der Waals surface area contributed by atoms with E-state index in [1.807, 2.05) is 25.1 Å². The molecule has 0 aliphatic carbocycles. The maximum Gasteiger partial charge on any atom is 0.319 e. The average molecular weight is 348 g/mol. The minimum atomic E-state index is -0.883. The molecule has 0 aliphatic heterocycles. The van der Waals surface area contributed by atoms with Gasteiger partial charge in [0.15, 0.2) is 0 Å². The molecule has 25 heavy (non-hydrogen) atoms. The fourth-order valence-electron chi connectivity index (χ4n) is 2.14. The molecule has 7 heteroatoms. The van der Waals surface area contributed by atoms with Gasteiger partial charge in [-0.3, -0.25) is 0 Å².